The molecule has 0 aliphatic rings. The molecule has 3 rings (SSSR count). The lowest BCUT2D eigenvalue weighted by atomic mass is 10.3. The SMILES string of the molecule is CCCCOc1ccc(NC(=O)NCc2ccc(C(=O)c3cccs3)s2)cc1. The summed E-state index contributed by atoms with van der Waals surface area (Å²) in [5, 5.41) is 7.49. The van der Waals surface area contributed by atoms with Crippen molar-refractivity contribution in [2.24, 2.45) is 0 Å². The van der Waals surface area contributed by atoms with E-state index in [0.717, 1.165) is 28.3 Å². The van der Waals surface area contributed by atoms with Gasteiger partial charge in [0, 0.05) is 10.6 Å². The van der Waals surface area contributed by atoms with E-state index in [-0.39, 0.29) is 11.8 Å². The monoisotopic (exact) mass is 414 g/mol. The van der Waals surface area contributed by atoms with E-state index in [1.54, 1.807) is 6.07 Å². The van der Waals surface area contributed by atoms with Gasteiger partial charge >= 0.3 is 6.03 Å². The number of ether oxygens (including phenoxy) is 1. The van der Waals surface area contributed by atoms with Crippen molar-refractivity contribution in [2.75, 3.05) is 11.9 Å². The van der Waals surface area contributed by atoms with Crippen LogP contribution in [0.5, 0.6) is 5.75 Å². The average molecular weight is 415 g/mol. The molecule has 2 aromatic heterocycles. The van der Waals surface area contributed by atoms with Gasteiger partial charge in [0.2, 0.25) is 5.78 Å². The van der Waals surface area contributed by atoms with E-state index in [1.165, 1.54) is 22.7 Å². The number of hydrogen-bond acceptors (Lipinski definition) is 5. The van der Waals surface area contributed by atoms with Crippen LogP contribution in [0.15, 0.2) is 53.9 Å². The van der Waals surface area contributed by atoms with Gasteiger partial charge < -0.3 is 15.4 Å². The van der Waals surface area contributed by atoms with Crippen LogP contribution in [0.4, 0.5) is 10.5 Å². The van der Waals surface area contributed by atoms with Gasteiger partial charge in [-0.05, 0) is 54.3 Å². The first-order valence-electron chi connectivity index (χ1n) is 9.10. The van der Waals surface area contributed by atoms with Crippen LogP contribution < -0.4 is 15.4 Å². The second kappa shape index (κ2) is 10.1. The van der Waals surface area contributed by atoms with Gasteiger partial charge in [-0.3, -0.25) is 4.79 Å². The molecule has 2 heterocycles. The van der Waals surface area contributed by atoms with Crippen molar-refractivity contribution < 1.29 is 14.3 Å². The highest BCUT2D eigenvalue weighted by molar-refractivity contribution is 7.16. The molecular formula is C21H22N2O3S2. The third-order valence-corrected chi connectivity index (χ3v) is 5.89. The standard InChI is InChI=1S/C21H22N2O3S2/c1-2-3-12-26-16-8-6-15(7-9-16)23-21(25)22-14-17-10-11-19(28-17)20(24)18-5-4-13-27-18/h4-11,13H,2-3,12,14H2,1H3,(H2,22,23,25). The Balaban J connectivity index is 1.46. The number of benzene rings is 1. The van der Waals surface area contributed by atoms with E-state index in [1.807, 2.05) is 47.8 Å². The van der Waals surface area contributed by atoms with Crippen LogP contribution in [0.3, 0.4) is 0 Å². The molecule has 7 heteroatoms. The number of amides is 2. The smallest absolute Gasteiger partial charge is 0.319 e. The molecule has 0 saturated carbocycles. The molecule has 0 saturated heterocycles. The molecule has 0 bridgehead atoms. The number of urea groups is 1. The molecule has 2 N–H and O–H groups in total. The molecule has 28 heavy (non-hydrogen) atoms. The van der Waals surface area contributed by atoms with Crippen molar-refractivity contribution in [3.63, 3.8) is 0 Å². The number of carbonyl (C=O) groups is 2. The van der Waals surface area contributed by atoms with Crippen molar-refractivity contribution in [2.45, 2.75) is 26.3 Å². The largest absolute Gasteiger partial charge is 0.494 e. The van der Waals surface area contributed by atoms with Gasteiger partial charge in [0.15, 0.2) is 0 Å². The Morgan fingerprint density at radius 2 is 1.86 bits per heavy atom. The lowest BCUT2D eigenvalue weighted by molar-refractivity contribution is 0.104. The van der Waals surface area contributed by atoms with Crippen LogP contribution in [0.1, 0.15) is 39.2 Å². The minimum atomic E-state index is -0.292. The number of rotatable bonds is 9. The molecule has 146 valence electrons. The summed E-state index contributed by atoms with van der Waals surface area (Å²) in [6.07, 6.45) is 2.11. The number of thiophene rings is 2. The molecule has 0 fully saturated rings. The summed E-state index contributed by atoms with van der Waals surface area (Å²) in [7, 11) is 0. The van der Waals surface area contributed by atoms with E-state index in [4.69, 9.17) is 4.74 Å². The summed E-state index contributed by atoms with van der Waals surface area (Å²) in [4.78, 5) is 26.7. The third kappa shape index (κ3) is 5.68. The summed E-state index contributed by atoms with van der Waals surface area (Å²) in [6, 6.07) is 14.4. The molecule has 0 spiro atoms. The molecule has 0 aliphatic heterocycles. The topological polar surface area (TPSA) is 67.4 Å². The molecular weight excluding hydrogens is 392 g/mol. The second-order valence-electron chi connectivity index (χ2n) is 6.11. The molecule has 2 amide bonds. The van der Waals surface area contributed by atoms with E-state index in [9.17, 15) is 9.59 Å². The van der Waals surface area contributed by atoms with Crippen LogP contribution in [-0.4, -0.2) is 18.4 Å². The van der Waals surface area contributed by atoms with Crippen molar-refractivity contribution in [1.29, 1.82) is 0 Å². The van der Waals surface area contributed by atoms with Gasteiger partial charge in [-0.25, -0.2) is 4.79 Å². The summed E-state index contributed by atoms with van der Waals surface area (Å²) in [5.74, 6) is 0.817. The van der Waals surface area contributed by atoms with Crippen LogP contribution >= 0.6 is 22.7 Å². The predicted octanol–water partition coefficient (Wildman–Crippen LogP) is 5.54. The molecule has 5 nitrogen and oxygen atoms in total. The maximum Gasteiger partial charge on any atom is 0.319 e. The van der Waals surface area contributed by atoms with E-state index < -0.39 is 0 Å². The average Bonchev–Trinajstić information content (AvgIpc) is 3.40. The van der Waals surface area contributed by atoms with Gasteiger partial charge in [-0.15, -0.1) is 22.7 Å². The Hall–Kier alpha value is -2.64. The fourth-order valence-electron chi connectivity index (χ4n) is 2.44. The summed E-state index contributed by atoms with van der Waals surface area (Å²) in [6.45, 7) is 3.18. The van der Waals surface area contributed by atoms with E-state index in [0.29, 0.717) is 23.7 Å². The molecule has 0 radical (unpaired) electrons. The zero-order chi connectivity index (χ0) is 19.8. The Bertz CT molecular complexity index is 902. The van der Waals surface area contributed by atoms with E-state index >= 15 is 0 Å². The van der Waals surface area contributed by atoms with Gasteiger partial charge in [-0.1, -0.05) is 19.4 Å². The first kappa shape index (κ1) is 20.1. The highest BCUT2D eigenvalue weighted by Crippen LogP contribution is 2.22. The summed E-state index contributed by atoms with van der Waals surface area (Å²) < 4.78 is 5.61. The van der Waals surface area contributed by atoms with Crippen LogP contribution in [0.2, 0.25) is 0 Å². The number of anilines is 1. The minimum absolute atomic E-state index is 0.0250. The third-order valence-electron chi connectivity index (χ3n) is 3.93. The minimum Gasteiger partial charge on any atom is -0.494 e. The van der Waals surface area contributed by atoms with Crippen molar-refractivity contribution in [1.82, 2.24) is 5.32 Å². The van der Waals surface area contributed by atoms with E-state index in [2.05, 4.69) is 17.6 Å². The number of carbonyl (C=O) groups excluding carboxylic acids is 2. The molecule has 0 unspecified atom stereocenters. The second-order valence-corrected chi connectivity index (χ2v) is 8.22. The lowest BCUT2D eigenvalue weighted by Crippen LogP contribution is -2.27. The quantitative estimate of drug-likeness (QED) is 0.357. The number of ketones is 1. The predicted molar refractivity (Wildman–Crippen MR) is 115 cm³/mol. The van der Waals surface area contributed by atoms with Gasteiger partial charge in [0.05, 0.1) is 22.9 Å². The van der Waals surface area contributed by atoms with Crippen LogP contribution in [0, 0.1) is 0 Å². The normalized spacial score (nSPS) is 10.5. The lowest BCUT2D eigenvalue weighted by Gasteiger charge is -2.08. The van der Waals surface area contributed by atoms with Crippen molar-refractivity contribution in [3.8, 4) is 5.75 Å². The van der Waals surface area contributed by atoms with Gasteiger partial charge in [0.25, 0.3) is 0 Å². The fraction of sp³-hybridized carbons (Fsp3) is 0.238. The number of nitrogens with one attached hydrogen (secondary N) is 2. The molecule has 0 atom stereocenters. The highest BCUT2D eigenvalue weighted by Gasteiger charge is 2.13. The highest BCUT2D eigenvalue weighted by atomic mass is 32.1. The summed E-state index contributed by atoms with van der Waals surface area (Å²) >= 11 is 2.83. The maximum atomic E-state index is 12.3. The molecule has 1 aromatic carbocycles. The molecule has 3 aromatic rings. The Kier molecular flexibility index (Phi) is 7.22. The van der Waals surface area contributed by atoms with Crippen LogP contribution in [0.25, 0.3) is 0 Å². The first-order chi connectivity index (χ1) is 13.7. The summed E-state index contributed by atoms with van der Waals surface area (Å²) in [5.41, 5.74) is 0.695. The Morgan fingerprint density at radius 1 is 1.04 bits per heavy atom. The van der Waals surface area contributed by atoms with Crippen molar-refractivity contribution in [3.05, 3.63) is 68.5 Å². The van der Waals surface area contributed by atoms with Gasteiger partial charge in [0.1, 0.15) is 5.75 Å². The zero-order valence-corrected chi connectivity index (χ0v) is 17.2. The first-order valence-corrected chi connectivity index (χ1v) is 10.8. The Morgan fingerprint density at radius 3 is 2.57 bits per heavy atom. The van der Waals surface area contributed by atoms with Gasteiger partial charge in [-0.2, -0.15) is 0 Å². The van der Waals surface area contributed by atoms with Crippen molar-refractivity contribution >= 4 is 40.2 Å². The zero-order valence-electron chi connectivity index (χ0n) is 15.6. The molecule has 0 aliphatic carbocycles. The maximum absolute atomic E-state index is 12.3. The number of unbranched alkanes of at least 4 members (excludes halogenated alkanes) is 1. The fourth-order valence-corrected chi connectivity index (χ4v) is 4.08. The Labute approximate surface area is 172 Å². The van der Waals surface area contributed by atoms with Crippen LogP contribution in [-0.2, 0) is 6.54 Å². The number of hydrogen-bond donors (Lipinski definition) is 2.